The first kappa shape index (κ1) is 15.8. The highest BCUT2D eigenvalue weighted by Crippen LogP contribution is 2.32. The first-order chi connectivity index (χ1) is 10.1. The third-order valence-corrected chi connectivity index (χ3v) is 4.44. The highest BCUT2D eigenvalue weighted by atomic mass is 16.3. The van der Waals surface area contributed by atoms with Gasteiger partial charge < -0.3 is 15.7 Å². The summed E-state index contributed by atoms with van der Waals surface area (Å²) in [4.78, 5) is 16.0. The van der Waals surface area contributed by atoms with E-state index in [2.05, 4.69) is 15.6 Å². The van der Waals surface area contributed by atoms with Crippen LogP contribution in [0.1, 0.15) is 44.6 Å². The number of aliphatic hydroxyl groups is 1. The van der Waals surface area contributed by atoms with E-state index in [1.54, 1.807) is 12.4 Å². The van der Waals surface area contributed by atoms with Crippen molar-refractivity contribution >= 4 is 6.03 Å². The van der Waals surface area contributed by atoms with E-state index in [1.807, 2.05) is 19.1 Å². The Morgan fingerprint density at radius 1 is 1.33 bits per heavy atom. The van der Waals surface area contributed by atoms with Gasteiger partial charge in [0, 0.05) is 18.9 Å². The standard InChI is InChI=1S/C16H25N3O2/c1-16(12-20,14-5-3-2-4-6-14)19-15(21)18-11-13-7-9-17-10-8-13/h7-10,14,20H,2-6,11-12H2,1H3,(H2,18,19,21). The predicted octanol–water partition coefficient (Wildman–Crippen LogP) is 2.21. The van der Waals surface area contributed by atoms with Crippen LogP contribution in [0.25, 0.3) is 0 Å². The Labute approximate surface area is 126 Å². The zero-order valence-corrected chi connectivity index (χ0v) is 12.6. The molecule has 2 amide bonds. The number of hydrogen-bond donors (Lipinski definition) is 3. The van der Waals surface area contributed by atoms with Crippen LogP contribution in [0.5, 0.6) is 0 Å². The third kappa shape index (κ3) is 4.43. The molecule has 1 atom stereocenters. The maximum absolute atomic E-state index is 12.1. The van der Waals surface area contributed by atoms with Crippen molar-refractivity contribution in [2.45, 2.75) is 51.1 Å². The zero-order chi connectivity index (χ0) is 15.1. The Bertz CT molecular complexity index is 446. The summed E-state index contributed by atoms with van der Waals surface area (Å²) in [7, 11) is 0. The van der Waals surface area contributed by atoms with Gasteiger partial charge in [-0.3, -0.25) is 4.98 Å². The zero-order valence-electron chi connectivity index (χ0n) is 12.6. The van der Waals surface area contributed by atoms with Crippen molar-refractivity contribution in [1.82, 2.24) is 15.6 Å². The summed E-state index contributed by atoms with van der Waals surface area (Å²) in [5, 5.41) is 15.5. The summed E-state index contributed by atoms with van der Waals surface area (Å²) in [5.41, 5.74) is 0.464. The van der Waals surface area contributed by atoms with E-state index in [9.17, 15) is 9.90 Å². The Morgan fingerprint density at radius 3 is 2.62 bits per heavy atom. The van der Waals surface area contributed by atoms with E-state index >= 15 is 0 Å². The molecule has 0 spiro atoms. The number of nitrogens with zero attached hydrogens (tertiary/aromatic N) is 1. The molecule has 1 fully saturated rings. The third-order valence-electron chi connectivity index (χ3n) is 4.44. The molecule has 3 N–H and O–H groups in total. The molecule has 5 nitrogen and oxygen atoms in total. The predicted molar refractivity (Wildman–Crippen MR) is 81.7 cm³/mol. The minimum Gasteiger partial charge on any atom is -0.394 e. The highest BCUT2D eigenvalue weighted by Gasteiger charge is 2.35. The average Bonchev–Trinajstić information content (AvgIpc) is 2.54. The van der Waals surface area contributed by atoms with E-state index in [4.69, 9.17) is 0 Å². The van der Waals surface area contributed by atoms with Gasteiger partial charge in [-0.05, 0) is 43.4 Å². The van der Waals surface area contributed by atoms with Crippen LogP contribution in [-0.2, 0) is 6.54 Å². The Morgan fingerprint density at radius 2 is 2.00 bits per heavy atom. The van der Waals surface area contributed by atoms with Gasteiger partial charge in [-0.25, -0.2) is 4.79 Å². The van der Waals surface area contributed by atoms with E-state index in [1.165, 1.54) is 19.3 Å². The normalized spacial score (nSPS) is 18.8. The number of urea groups is 1. The molecule has 0 aliphatic heterocycles. The fraction of sp³-hybridized carbons (Fsp3) is 0.625. The summed E-state index contributed by atoms with van der Waals surface area (Å²) in [6.07, 6.45) is 9.17. The second kappa shape index (κ2) is 7.41. The number of hydrogen-bond acceptors (Lipinski definition) is 3. The van der Waals surface area contributed by atoms with Gasteiger partial charge >= 0.3 is 6.03 Å². The van der Waals surface area contributed by atoms with Crippen LogP contribution in [0.2, 0.25) is 0 Å². The number of aromatic nitrogens is 1. The van der Waals surface area contributed by atoms with Crippen molar-refractivity contribution in [3.05, 3.63) is 30.1 Å². The van der Waals surface area contributed by atoms with Gasteiger partial charge in [0.1, 0.15) is 0 Å². The maximum atomic E-state index is 12.1. The van der Waals surface area contributed by atoms with Gasteiger partial charge in [-0.2, -0.15) is 0 Å². The number of aliphatic hydroxyl groups excluding tert-OH is 1. The molecule has 116 valence electrons. The van der Waals surface area contributed by atoms with E-state index in [0.717, 1.165) is 18.4 Å². The average molecular weight is 291 g/mol. The lowest BCUT2D eigenvalue weighted by Crippen LogP contribution is -2.57. The summed E-state index contributed by atoms with van der Waals surface area (Å²) < 4.78 is 0. The van der Waals surface area contributed by atoms with Crippen molar-refractivity contribution in [3.8, 4) is 0 Å². The van der Waals surface area contributed by atoms with E-state index in [0.29, 0.717) is 12.5 Å². The van der Waals surface area contributed by atoms with Crippen LogP contribution < -0.4 is 10.6 Å². The second-order valence-corrected chi connectivity index (χ2v) is 6.07. The molecule has 1 unspecified atom stereocenters. The number of carbonyl (C=O) groups is 1. The van der Waals surface area contributed by atoms with Crippen molar-refractivity contribution in [2.24, 2.45) is 5.92 Å². The molecular weight excluding hydrogens is 266 g/mol. The molecule has 1 saturated carbocycles. The molecule has 0 bridgehead atoms. The SMILES string of the molecule is CC(CO)(NC(=O)NCc1ccncc1)C1CCCCC1. The Balaban J connectivity index is 1.86. The van der Waals surface area contributed by atoms with Crippen LogP contribution in [0.3, 0.4) is 0 Å². The van der Waals surface area contributed by atoms with Gasteiger partial charge in [0.25, 0.3) is 0 Å². The number of rotatable bonds is 5. The van der Waals surface area contributed by atoms with Crippen LogP contribution in [-0.4, -0.2) is 28.3 Å². The first-order valence-electron chi connectivity index (χ1n) is 7.70. The Kier molecular flexibility index (Phi) is 5.56. The van der Waals surface area contributed by atoms with Gasteiger partial charge in [0.05, 0.1) is 12.1 Å². The minimum atomic E-state index is -0.539. The molecule has 0 aromatic carbocycles. The fourth-order valence-electron chi connectivity index (χ4n) is 3.00. The van der Waals surface area contributed by atoms with Crippen molar-refractivity contribution < 1.29 is 9.90 Å². The molecule has 1 aliphatic carbocycles. The van der Waals surface area contributed by atoms with Crippen LogP contribution in [0.15, 0.2) is 24.5 Å². The summed E-state index contributed by atoms with van der Waals surface area (Å²) >= 11 is 0. The van der Waals surface area contributed by atoms with Crippen LogP contribution in [0, 0.1) is 5.92 Å². The molecule has 1 heterocycles. The largest absolute Gasteiger partial charge is 0.394 e. The topological polar surface area (TPSA) is 74.2 Å². The van der Waals surface area contributed by atoms with Crippen LogP contribution in [0.4, 0.5) is 4.79 Å². The van der Waals surface area contributed by atoms with Crippen LogP contribution >= 0.6 is 0 Å². The summed E-state index contributed by atoms with van der Waals surface area (Å²) in [6.45, 7) is 2.37. The number of amides is 2. The lowest BCUT2D eigenvalue weighted by Gasteiger charge is -2.39. The van der Waals surface area contributed by atoms with Gasteiger partial charge in [0.15, 0.2) is 0 Å². The lowest BCUT2D eigenvalue weighted by molar-refractivity contribution is 0.101. The highest BCUT2D eigenvalue weighted by molar-refractivity contribution is 5.74. The fourth-order valence-corrected chi connectivity index (χ4v) is 3.00. The number of carbonyl (C=O) groups excluding carboxylic acids is 1. The summed E-state index contributed by atoms with van der Waals surface area (Å²) in [5.74, 6) is 0.350. The van der Waals surface area contributed by atoms with E-state index < -0.39 is 5.54 Å². The van der Waals surface area contributed by atoms with Crippen molar-refractivity contribution in [3.63, 3.8) is 0 Å². The molecule has 21 heavy (non-hydrogen) atoms. The lowest BCUT2D eigenvalue weighted by atomic mass is 9.76. The minimum absolute atomic E-state index is 0.0274. The Hall–Kier alpha value is -1.62. The van der Waals surface area contributed by atoms with Crippen molar-refractivity contribution in [1.29, 1.82) is 0 Å². The molecule has 5 heteroatoms. The second-order valence-electron chi connectivity index (χ2n) is 6.07. The molecule has 1 aromatic rings. The summed E-state index contributed by atoms with van der Waals surface area (Å²) in [6, 6.07) is 3.51. The quantitative estimate of drug-likeness (QED) is 0.778. The molecular formula is C16H25N3O2. The first-order valence-corrected chi connectivity index (χ1v) is 7.70. The molecule has 0 radical (unpaired) electrons. The van der Waals surface area contributed by atoms with Gasteiger partial charge in [0.2, 0.25) is 0 Å². The molecule has 1 aliphatic rings. The maximum Gasteiger partial charge on any atom is 0.315 e. The smallest absolute Gasteiger partial charge is 0.315 e. The van der Waals surface area contributed by atoms with Gasteiger partial charge in [-0.15, -0.1) is 0 Å². The van der Waals surface area contributed by atoms with Gasteiger partial charge in [-0.1, -0.05) is 19.3 Å². The monoisotopic (exact) mass is 291 g/mol. The molecule has 2 rings (SSSR count). The van der Waals surface area contributed by atoms with E-state index in [-0.39, 0.29) is 12.6 Å². The van der Waals surface area contributed by atoms with Crippen molar-refractivity contribution in [2.75, 3.05) is 6.61 Å². The number of nitrogens with one attached hydrogen (secondary N) is 2. The molecule has 1 aromatic heterocycles. The number of pyridine rings is 1. The molecule has 0 saturated heterocycles.